The normalized spacial score (nSPS) is 23.2. The second kappa shape index (κ2) is 5.59. The van der Waals surface area contributed by atoms with Gasteiger partial charge in [-0.15, -0.1) is 11.3 Å². The minimum atomic E-state index is 0.750. The molecule has 5 nitrogen and oxygen atoms in total. The van der Waals surface area contributed by atoms with Crippen molar-refractivity contribution < 1.29 is 4.74 Å². The quantitative estimate of drug-likeness (QED) is 0.886. The van der Waals surface area contributed by atoms with Gasteiger partial charge < -0.3 is 15.0 Å². The van der Waals surface area contributed by atoms with Gasteiger partial charge in [-0.2, -0.15) is 4.98 Å². The number of ether oxygens (including phenoxy) is 1. The Morgan fingerprint density at radius 1 is 1.43 bits per heavy atom. The van der Waals surface area contributed by atoms with Crippen molar-refractivity contribution in [1.29, 1.82) is 0 Å². The number of nitrogens with one attached hydrogen (secondary N) is 1. The van der Waals surface area contributed by atoms with Crippen LogP contribution >= 0.6 is 11.3 Å². The monoisotopic (exact) mass is 306 g/mol. The van der Waals surface area contributed by atoms with Crippen molar-refractivity contribution >= 4 is 16.3 Å². The molecule has 2 aromatic heterocycles. The van der Waals surface area contributed by atoms with E-state index in [2.05, 4.69) is 31.2 Å². The maximum Gasteiger partial charge on any atom is 0.237 e. The molecule has 3 heterocycles. The number of nitrogens with zero attached hydrogens (tertiary/aromatic N) is 3. The third kappa shape index (κ3) is 2.67. The van der Waals surface area contributed by atoms with Gasteiger partial charge in [0.1, 0.15) is 5.69 Å². The number of rotatable bonds is 6. The Hall–Kier alpha value is -1.11. The van der Waals surface area contributed by atoms with Crippen LogP contribution in [0.1, 0.15) is 25.0 Å². The lowest BCUT2D eigenvalue weighted by Gasteiger charge is -2.15. The minimum Gasteiger partial charge on any atom is -0.480 e. The van der Waals surface area contributed by atoms with E-state index in [1.165, 1.54) is 32.4 Å². The predicted octanol–water partition coefficient (Wildman–Crippen LogP) is 1.98. The molecule has 0 bridgehead atoms. The first-order valence-corrected chi connectivity index (χ1v) is 8.66. The molecule has 114 valence electrons. The maximum atomic E-state index is 5.39. The van der Waals surface area contributed by atoms with Gasteiger partial charge >= 0.3 is 0 Å². The summed E-state index contributed by atoms with van der Waals surface area (Å²) in [5, 5.41) is 5.67. The Morgan fingerprint density at radius 3 is 3.14 bits per heavy atom. The highest BCUT2D eigenvalue weighted by molar-refractivity contribution is 7.15. The fourth-order valence-corrected chi connectivity index (χ4v) is 4.06. The summed E-state index contributed by atoms with van der Waals surface area (Å²) in [5.41, 5.74) is 1.13. The zero-order valence-corrected chi connectivity index (χ0v) is 13.2. The molecular weight excluding hydrogens is 284 g/mol. The molecule has 1 N–H and O–H groups in total. The third-order valence-corrected chi connectivity index (χ3v) is 5.38. The smallest absolute Gasteiger partial charge is 0.237 e. The lowest BCUT2D eigenvalue weighted by molar-refractivity contribution is 0.311. The number of hydrogen-bond donors (Lipinski definition) is 1. The van der Waals surface area contributed by atoms with Crippen LogP contribution in [-0.2, 0) is 6.54 Å². The van der Waals surface area contributed by atoms with Crippen molar-refractivity contribution in [2.45, 2.75) is 31.8 Å². The van der Waals surface area contributed by atoms with E-state index in [-0.39, 0.29) is 0 Å². The molecule has 1 atom stereocenters. The molecule has 2 fully saturated rings. The van der Waals surface area contributed by atoms with Gasteiger partial charge in [0.15, 0.2) is 4.96 Å². The lowest BCUT2D eigenvalue weighted by Crippen LogP contribution is -2.27. The summed E-state index contributed by atoms with van der Waals surface area (Å²) >= 11 is 1.64. The first-order valence-electron chi connectivity index (χ1n) is 7.78. The van der Waals surface area contributed by atoms with Crippen LogP contribution in [0.15, 0.2) is 11.6 Å². The number of hydrogen-bond acceptors (Lipinski definition) is 5. The van der Waals surface area contributed by atoms with Gasteiger partial charge in [0.2, 0.25) is 5.88 Å². The highest BCUT2D eigenvalue weighted by Gasteiger charge is 2.34. The average Bonchev–Trinajstić information content (AvgIpc) is 2.94. The third-order valence-electron chi connectivity index (χ3n) is 4.62. The highest BCUT2D eigenvalue weighted by Crippen LogP contribution is 2.31. The molecule has 1 saturated carbocycles. The van der Waals surface area contributed by atoms with E-state index >= 15 is 0 Å². The highest BCUT2D eigenvalue weighted by atomic mass is 32.1. The molecule has 0 spiro atoms. The van der Waals surface area contributed by atoms with Crippen molar-refractivity contribution in [2.75, 3.05) is 26.7 Å². The van der Waals surface area contributed by atoms with E-state index in [4.69, 9.17) is 4.74 Å². The molecule has 4 rings (SSSR count). The van der Waals surface area contributed by atoms with Gasteiger partial charge in [0, 0.05) is 30.7 Å². The van der Waals surface area contributed by atoms with Gasteiger partial charge in [-0.25, -0.2) is 0 Å². The Labute approximate surface area is 128 Å². The summed E-state index contributed by atoms with van der Waals surface area (Å²) in [6, 6.07) is 0.912. The zero-order valence-electron chi connectivity index (χ0n) is 12.4. The number of aromatic nitrogens is 2. The molecule has 1 saturated heterocycles. The van der Waals surface area contributed by atoms with Crippen LogP contribution in [0, 0.1) is 5.92 Å². The van der Waals surface area contributed by atoms with E-state index in [0.717, 1.165) is 41.6 Å². The summed E-state index contributed by atoms with van der Waals surface area (Å²) in [4.78, 5) is 8.17. The summed E-state index contributed by atoms with van der Waals surface area (Å²) in [7, 11) is 1.69. The molecule has 2 aromatic rings. The number of fused-ring (bicyclic) bond motifs is 1. The van der Waals surface area contributed by atoms with Crippen molar-refractivity contribution in [2.24, 2.45) is 5.92 Å². The Kier molecular flexibility index (Phi) is 3.61. The molecular formula is C15H22N4OS. The van der Waals surface area contributed by atoms with Crippen molar-refractivity contribution in [1.82, 2.24) is 19.6 Å². The zero-order chi connectivity index (χ0) is 14.2. The largest absolute Gasteiger partial charge is 0.480 e. The first kappa shape index (κ1) is 13.5. The molecule has 1 aliphatic heterocycles. The fraction of sp³-hybridized carbons (Fsp3) is 0.667. The van der Waals surface area contributed by atoms with Gasteiger partial charge in [-0.05, 0) is 38.3 Å². The second-order valence-electron chi connectivity index (χ2n) is 6.14. The topological polar surface area (TPSA) is 41.8 Å². The number of thiazole rings is 1. The molecule has 0 aromatic carbocycles. The van der Waals surface area contributed by atoms with Crippen LogP contribution in [0.3, 0.4) is 0 Å². The fourth-order valence-electron chi connectivity index (χ4n) is 3.33. The van der Waals surface area contributed by atoms with Gasteiger partial charge in [0.25, 0.3) is 0 Å². The summed E-state index contributed by atoms with van der Waals surface area (Å²) < 4.78 is 7.52. The van der Waals surface area contributed by atoms with Crippen LogP contribution in [-0.4, -0.2) is 47.1 Å². The van der Waals surface area contributed by atoms with E-state index in [1.807, 2.05) is 0 Å². The lowest BCUT2D eigenvalue weighted by atomic mass is 10.1. The maximum absolute atomic E-state index is 5.39. The van der Waals surface area contributed by atoms with E-state index < -0.39 is 0 Å². The molecule has 1 aliphatic carbocycles. The van der Waals surface area contributed by atoms with Crippen LogP contribution in [0.2, 0.25) is 0 Å². The standard InChI is InChI=1S/C15H22N4OS/c1-20-14-13(19-6-7-21-15(19)17-14)9-16-8-11-4-5-18(10-11)12-2-3-12/h6-7,11-12,16H,2-5,8-10H2,1H3. The van der Waals surface area contributed by atoms with Crippen LogP contribution in [0.25, 0.3) is 4.96 Å². The van der Waals surface area contributed by atoms with E-state index in [1.54, 1.807) is 18.4 Å². The van der Waals surface area contributed by atoms with Crippen LogP contribution in [0.4, 0.5) is 0 Å². The molecule has 0 radical (unpaired) electrons. The molecule has 0 amide bonds. The second-order valence-corrected chi connectivity index (χ2v) is 7.01. The predicted molar refractivity (Wildman–Crippen MR) is 84.0 cm³/mol. The van der Waals surface area contributed by atoms with Crippen molar-refractivity contribution in [3.05, 3.63) is 17.3 Å². The van der Waals surface area contributed by atoms with Gasteiger partial charge in [-0.1, -0.05) is 0 Å². The number of methoxy groups -OCH3 is 1. The Bertz CT molecular complexity index is 618. The molecule has 21 heavy (non-hydrogen) atoms. The molecule has 6 heteroatoms. The van der Waals surface area contributed by atoms with Crippen molar-refractivity contribution in [3.63, 3.8) is 0 Å². The van der Waals surface area contributed by atoms with Gasteiger partial charge in [-0.3, -0.25) is 4.40 Å². The summed E-state index contributed by atoms with van der Waals surface area (Å²) in [5.74, 6) is 1.54. The Morgan fingerprint density at radius 2 is 2.33 bits per heavy atom. The first-order chi connectivity index (χ1) is 10.3. The van der Waals surface area contributed by atoms with E-state index in [0.29, 0.717) is 0 Å². The molecule has 2 aliphatic rings. The SMILES string of the molecule is COc1nc2sccn2c1CNCC1CCN(C2CC2)C1. The van der Waals surface area contributed by atoms with Gasteiger partial charge in [0.05, 0.1) is 7.11 Å². The van der Waals surface area contributed by atoms with E-state index in [9.17, 15) is 0 Å². The summed E-state index contributed by atoms with van der Waals surface area (Å²) in [6.07, 6.45) is 6.24. The van der Waals surface area contributed by atoms with Crippen LogP contribution in [0.5, 0.6) is 5.88 Å². The number of imidazole rings is 1. The van der Waals surface area contributed by atoms with Crippen molar-refractivity contribution in [3.8, 4) is 5.88 Å². The average molecular weight is 306 g/mol. The number of likely N-dealkylation sites (tertiary alicyclic amines) is 1. The molecule has 1 unspecified atom stereocenters. The Balaban J connectivity index is 1.34. The minimum absolute atomic E-state index is 0.750. The summed E-state index contributed by atoms with van der Waals surface area (Å²) in [6.45, 7) is 4.47. The van der Waals surface area contributed by atoms with Crippen LogP contribution < -0.4 is 10.1 Å².